The number of ether oxygens (including phenoxy) is 2. The molecular weight excluding hydrogens is 447 g/mol. The summed E-state index contributed by atoms with van der Waals surface area (Å²) in [5.41, 5.74) is 4.36. The second-order valence-electron chi connectivity index (χ2n) is 8.68. The molecule has 2 aromatic carbocycles. The molecule has 34 heavy (non-hydrogen) atoms. The van der Waals surface area contributed by atoms with Crippen LogP contribution in [0.5, 0.6) is 0 Å². The Morgan fingerprint density at radius 2 is 1.71 bits per heavy atom. The lowest BCUT2D eigenvalue weighted by Gasteiger charge is -2.34. The van der Waals surface area contributed by atoms with Gasteiger partial charge in [0.15, 0.2) is 0 Å². The number of hydrogen-bond acceptors (Lipinski definition) is 5. The average molecular weight is 478 g/mol. The molecule has 1 amide bonds. The number of nitrogens with one attached hydrogen (secondary N) is 1. The Morgan fingerprint density at radius 1 is 1.00 bits per heavy atom. The molecule has 9 heteroatoms. The Kier molecular flexibility index (Phi) is 7.63. The van der Waals surface area contributed by atoms with Gasteiger partial charge in [-0.25, -0.2) is 0 Å². The molecule has 1 saturated heterocycles. The molecule has 1 N–H and O–H groups in total. The lowest BCUT2D eigenvalue weighted by molar-refractivity contribution is -0.179. The van der Waals surface area contributed by atoms with Crippen molar-refractivity contribution in [3.8, 4) is 0 Å². The number of anilines is 3. The molecule has 0 radical (unpaired) electrons. The van der Waals surface area contributed by atoms with E-state index in [1.807, 2.05) is 47.4 Å². The number of halogens is 3. The minimum atomic E-state index is -4.10. The number of rotatable bonds is 9. The lowest BCUT2D eigenvalue weighted by Crippen LogP contribution is -2.38. The number of piperidine rings is 1. The SMILES string of the molecule is COCCOCCN1Cc2cc(Nc3ccc(N4CCC(C(F)(F)F)CC4)cc3)ccc2C1=O. The summed E-state index contributed by atoms with van der Waals surface area (Å²) in [6, 6.07) is 13.4. The van der Waals surface area contributed by atoms with Crippen LogP contribution in [0.2, 0.25) is 0 Å². The number of nitrogens with zero attached hydrogens (tertiary/aromatic N) is 2. The molecule has 184 valence electrons. The third kappa shape index (κ3) is 5.82. The Bertz CT molecular complexity index is 974. The van der Waals surface area contributed by atoms with Crippen LogP contribution in [0.3, 0.4) is 0 Å². The molecule has 4 rings (SSSR count). The van der Waals surface area contributed by atoms with Gasteiger partial charge in [-0.3, -0.25) is 4.79 Å². The first kappa shape index (κ1) is 24.3. The zero-order chi connectivity index (χ0) is 24.1. The largest absolute Gasteiger partial charge is 0.391 e. The van der Waals surface area contributed by atoms with Crippen molar-refractivity contribution in [2.24, 2.45) is 5.92 Å². The fraction of sp³-hybridized carbons (Fsp3) is 0.480. The van der Waals surface area contributed by atoms with E-state index in [2.05, 4.69) is 5.32 Å². The van der Waals surface area contributed by atoms with E-state index in [0.717, 1.165) is 22.6 Å². The van der Waals surface area contributed by atoms with Gasteiger partial charge in [-0.15, -0.1) is 0 Å². The van der Waals surface area contributed by atoms with Gasteiger partial charge in [0.25, 0.3) is 5.91 Å². The predicted molar refractivity (Wildman–Crippen MR) is 125 cm³/mol. The van der Waals surface area contributed by atoms with Crippen LogP contribution in [-0.4, -0.2) is 63.5 Å². The molecule has 0 spiro atoms. The summed E-state index contributed by atoms with van der Waals surface area (Å²) >= 11 is 0. The maximum Gasteiger partial charge on any atom is 0.391 e. The van der Waals surface area contributed by atoms with Crippen molar-refractivity contribution in [2.45, 2.75) is 25.6 Å². The molecule has 0 aliphatic carbocycles. The van der Waals surface area contributed by atoms with Crippen LogP contribution in [0.25, 0.3) is 0 Å². The number of benzene rings is 2. The van der Waals surface area contributed by atoms with E-state index in [1.165, 1.54) is 0 Å². The monoisotopic (exact) mass is 477 g/mol. The van der Waals surface area contributed by atoms with Crippen molar-refractivity contribution in [1.82, 2.24) is 4.90 Å². The summed E-state index contributed by atoms with van der Waals surface area (Å²) in [4.78, 5) is 16.4. The second-order valence-corrected chi connectivity index (χ2v) is 8.68. The maximum atomic E-state index is 12.9. The zero-order valence-corrected chi connectivity index (χ0v) is 19.2. The molecule has 2 aliphatic heterocycles. The number of hydrogen-bond donors (Lipinski definition) is 1. The summed E-state index contributed by atoms with van der Waals surface area (Å²) < 4.78 is 49.1. The first-order chi connectivity index (χ1) is 16.3. The summed E-state index contributed by atoms with van der Waals surface area (Å²) in [6.07, 6.45) is -3.84. The molecule has 0 atom stereocenters. The molecule has 1 fully saturated rings. The Labute approximate surface area is 197 Å². The third-order valence-corrected chi connectivity index (χ3v) is 6.40. The van der Waals surface area contributed by atoms with Crippen molar-refractivity contribution in [3.05, 3.63) is 53.6 Å². The summed E-state index contributed by atoms with van der Waals surface area (Å²) in [6.45, 7) is 3.39. The minimum Gasteiger partial charge on any atom is -0.382 e. The number of carbonyl (C=O) groups is 1. The van der Waals surface area contributed by atoms with Gasteiger partial charge in [0, 0.05) is 55.9 Å². The fourth-order valence-corrected chi connectivity index (χ4v) is 4.45. The van der Waals surface area contributed by atoms with E-state index >= 15 is 0 Å². The first-order valence-corrected chi connectivity index (χ1v) is 11.5. The molecule has 6 nitrogen and oxygen atoms in total. The van der Waals surface area contributed by atoms with Crippen molar-refractivity contribution in [3.63, 3.8) is 0 Å². The van der Waals surface area contributed by atoms with Crippen LogP contribution >= 0.6 is 0 Å². The molecular formula is C25H30F3N3O3. The van der Waals surface area contributed by atoms with Gasteiger partial charge in [0.1, 0.15) is 0 Å². The Balaban J connectivity index is 1.31. The van der Waals surface area contributed by atoms with Crippen molar-refractivity contribution < 1.29 is 27.4 Å². The lowest BCUT2D eigenvalue weighted by atomic mass is 9.96. The standard InChI is InChI=1S/C25H30F3N3O3/c1-33-14-15-34-13-12-31-17-18-16-21(4-7-23(18)24(31)32)29-20-2-5-22(6-3-20)30-10-8-19(9-11-30)25(26,27)28/h2-7,16,19,29H,8-15,17H2,1H3. The maximum absolute atomic E-state index is 12.9. The van der Waals surface area contributed by atoms with E-state index in [0.29, 0.717) is 51.6 Å². The highest BCUT2D eigenvalue weighted by atomic mass is 19.4. The molecule has 2 aromatic rings. The number of carbonyl (C=O) groups excluding carboxylic acids is 1. The number of methoxy groups -OCH3 is 1. The van der Waals surface area contributed by atoms with Crippen LogP contribution < -0.4 is 10.2 Å². The number of alkyl halides is 3. The minimum absolute atomic E-state index is 0.00976. The summed E-state index contributed by atoms with van der Waals surface area (Å²) in [5.74, 6) is -1.19. The van der Waals surface area contributed by atoms with E-state index in [-0.39, 0.29) is 18.7 Å². The zero-order valence-electron chi connectivity index (χ0n) is 19.2. The molecule has 2 aliphatic rings. The van der Waals surface area contributed by atoms with Crippen LogP contribution in [0.4, 0.5) is 30.2 Å². The molecule has 0 saturated carbocycles. The third-order valence-electron chi connectivity index (χ3n) is 6.40. The van der Waals surface area contributed by atoms with Crippen LogP contribution in [0.15, 0.2) is 42.5 Å². The van der Waals surface area contributed by atoms with Crippen LogP contribution in [0, 0.1) is 5.92 Å². The quantitative estimate of drug-likeness (QED) is 0.525. The van der Waals surface area contributed by atoms with Gasteiger partial charge in [-0.2, -0.15) is 13.2 Å². The van der Waals surface area contributed by atoms with Crippen molar-refractivity contribution in [1.29, 1.82) is 0 Å². The predicted octanol–water partition coefficient (Wildman–Crippen LogP) is 4.83. The van der Waals surface area contributed by atoms with Gasteiger partial charge in [-0.05, 0) is 60.9 Å². The van der Waals surface area contributed by atoms with E-state index in [1.54, 1.807) is 12.0 Å². The van der Waals surface area contributed by atoms with Crippen molar-refractivity contribution >= 4 is 23.0 Å². The van der Waals surface area contributed by atoms with E-state index in [4.69, 9.17) is 9.47 Å². The number of amides is 1. The van der Waals surface area contributed by atoms with Crippen LogP contribution in [0.1, 0.15) is 28.8 Å². The second kappa shape index (κ2) is 10.7. The Morgan fingerprint density at radius 3 is 2.38 bits per heavy atom. The molecule has 0 bridgehead atoms. The normalized spacial score (nSPS) is 16.8. The van der Waals surface area contributed by atoms with Gasteiger partial charge in [-0.1, -0.05) is 0 Å². The van der Waals surface area contributed by atoms with Gasteiger partial charge in [0.2, 0.25) is 0 Å². The number of fused-ring (bicyclic) bond motifs is 1. The molecule has 0 aromatic heterocycles. The first-order valence-electron chi connectivity index (χ1n) is 11.5. The van der Waals surface area contributed by atoms with Gasteiger partial charge in [0.05, 0.1) is 25.7 Å². The fourth-order valence-electron chi connectivity index (χ4n) is 4.45. The highest BCUT2D eigenvalue weighted by Gasteiger charge is 2.41. The summed E-state index contributed by atoms with van der Waals surface area (Å²) in [5, 5.41) is 3.35. The van der Waals surface area contributed by atoms with E-state index < -0.39 is 12.1 Å². The summed E-state index contributed by atoms with van der Waals surface area (Å²) in [7, 11) is 1.62. The van der Waals surface area contributed by atoms with Gasteiger partial charge >= 0.3 is 6.18 Å². The van der Waals surface area contributed by atoms with Crippen LogP contribution in [-0.2, 0) is 16.0 Å². The highest BCUT2D eigenvalue weighted by molar-refractivity contribution is 5.98. The Hall–Kier alpha value is -2.78. The van der Waals surface area contributed by atoms with Gasteiger partial charge < -0.3 is 24.6 Å². The molecule has 2 heterocycles. The topological polar surface area (TPSA) is 54.0 Å². The smallest absolute Gasteiger partial charge is 0.382 e. The highest BCUT2D eigenvalue weighted by Crippen LogP contribution is 2.35. The van der Waals surface area contributed by atoms with E-state index in [9.17, 15) is 18.0 Å². The van der Waals surface area contributed by atoms with Crippen molar-refractivity contribution in [2.75, 3.05) is 56.8 Å². The average Bonchev–Trinajstić information content (AvgIpc) is 3.13. The molecule has 0 unspecified atom stereocenters.